The Balaban J connectivity index is 1.26. The summed E-state index contributed by atoms with van der Waals surface area (Å²) in [6, 6.07) is 15.8. The summed E-state index contributed by atoms with van der Waals surface area (Å²) in [5.41, 5.74) is 3.04. The lowest BCUT2D eigenvalue weighted by Crippen LogP contribution is -2.49. The molecular weight excluding hydrogens is 418 g/mol. The summed E-state index contributed by atoms with van der Waals surface area (Å²) in [7, 11) is 0. The Morgan fingerprint density at radius 2 is 1.83 bits per heavy atom. The number of aryl methyl sites for hydroxylation is 1. The van der Waals surface area contributed by atoms with Crippen molar-refractivity contribution in [3.8, 4) is 5.75 Å². The van der Waals surface area contributed by atoms with Crippen molar-refractivity contribution in [3.63, 3.8) is 0 Å². The lowest BCUT2D eigenvalue weighted by Gasteiger charge is -2.36. The molecule has 2 heterocycles. The number of nitrogens with zero attached hydrogens (tertiary/aromatic N) is 3. The first-order chi connectivity index (χ1) is 14.6. The molecule has 5 nitrogen and oxygen atoms in total. The van der Waals surface area contributed by atoms with Gasteiger partial charge in [-0.05, 0) is 31.2 Å². The van der Waals surface area contributed by atoms with Gasteiger partial charge in [0.25, 0.3) is 0 Å². The molecule has 7 heteroatoms. The first-order valence-corrected chi connectivity index (χ1v) is 11.2. The Bertz CT molecular complexity index is 998. The number of carbonyl (C=O) groups is 1. The Morgan fingerprint density at radius 3 is 2.57 bits per heavy atom. The molecule has 0 radical (unpaired) electrons. The van der Waals surface area contributed by atoms with E-state index in [4.69, 9.17) is 16.3 Å². The molecule has 2 aromatic carbocycles. The number of amides is 1. The fourth-order valence-electron chi connectivity index (χ4n) is 3.45. The first-order valence-electron chi connectivity index (χ1n) is 9.98. The number of thiazole rings is 1. The van der Waals surface area contributed by atoms with Crippen LogP contribution >= 0.6 is 22.9 Å². The van der Waals surface area contributed by atoms with Crippen LogP contribution in [0.3, 0.4) is 0 Å². The highest BCUT2D eigenvalue weighted by Gasteiger charge is 2.23. The molecule has 0 saturated carbocycles. The number of hydrogen-bond acceptors (Lipinski definition) is 5. The van der Waals surface area contributed by atoms with Crippen molar-refractivity contribution in [2.45, 2.75) is 20.0 Å². The summed E-state index contributed by atoms with van der Waals surface area (Å²) in [6.07, 6.45) is 0.327. The van der Waals surface area contributed by atoms with Gasteiger partial charge >= 0.3 is 0 Å². The van der Waals surface area contributed by atoms with Gasteiger partial charge in [0, 0.05) is 31.6 Å². The molecule has 1 aliphatic rings. The number of hydrogen-bond donors (Lipinski definition) is 0. The van der Waals surface area contributed by atoms with E-state index in [0.29, 0.717) is 26.1 Å². The van der Waals surface area contributed by atoms with Gasteiger partial charge in [0.1, 0.15) is 17.4 Å². The smallest absolute Gasteiger partial charge is 0.228 e. The molecule has 30 heavy (non-hydrogen) atoms. The van der Waals surface area contributed by atoms with Crippen LogP contribution in [0.2, 0.25) is 5.02 Å². The zero-order valence-corrected chi connectivity index (χ0v) is 18.5. The lowest BCUT2D eigenvalue weighted by atomic mass is 10.2. The number of anilines is 1. The number of carbonyl (C=O) groups excluding carboxylic acids is 1. The molecule has 1 aromatic heterocycles. The van der Waals surface area contributed by atoms with E-state index < -0.39 is 0 Å². The van der Waals surface area contributed by atoms with Crippen molar-refractivity contribution in [1.29, 1.82) is 0 Å². The number of aromatic nitrogens is 1. The predicted octanol–water partition coefficient (Wildman–Crippen LogP) is 4.58. The van der Waals surface area contributed by atoms with E-state index in [-0.39, 0.29) is 5.91 Å². The van der Waals surface area contributed by atoms with E-state index in [9.17, 15) is 4.79 Å². The lowest BCUT2D eigenvalue weighted by molar-refractivity contribution is -0.130. The minimum atomic E-state index is 0.116. The minimum Gasteiger partial charge on any atom is -0.486 e. The molecule has 0 aliphatic carbocycles. The Morgan fingerprint density at radius 1 is 1.10 bits per heavy atom. The Kier molecular flexibility index (Phi) is 6.55. The van der Waals surface area contributed by atoms with Gasteiger partial charge < -0.3 is 14.5 Å². The van der Waals surface area contributed by atoms with Gasteiger partial charge in [0.2, 0.25) is 5.91 Å². The van der Waals surface area contributed by atoms with Gasteiger partial charge in [-0.25, -0.2) is 4.98 Å². The Hall–Kier alpha value is -2.57. The fraction of sp³-hybridized carbons (Fsp3) is 0.304. The zero-order chi connectivity index (χ0) is 20.9. The first kappa shape index (κ1) is 20.7. The SMILES string of the molecule is Cc1ccc(OCc2nc(CC(=O)N3CCN(c4ccccc4Cl)CC3)cs2)cc1. The van der Waals surface area contributed by atoms with Crippen molar-refractivity contribution in [2.24, 2.45) is 0 Å². The van der Waals surface area contributed by atoms with Crippen LogP contribution in [0.4, 0.5) is 5.69 Å². The van der Waals surface area contributed by atoms with Crippen LogP contribution in [0.5, 0.6) is 5.75 Å². The van der Waals surface area contributed by atoms with Crippen molar-refractivity contribution in [2.75, 3.05) is 31.1 Å². The van der Waals surface area contributed by atoms with E-state index in [2.05, 4.69) is 9.88 Å². The third-order valence-electron chi connectivity index (χ3n) is 5.14. The number of ether oxygens (including phenoxy) is 1. The van der Waals surface area contributed by atoms with Gasteiger partial charge in [0.05, 0.1) is 22.8 Å². The molecule has 0 N–H and O–H groups in total. The highest BCUT2D eigenvalue weighted by Crippen LogP contribution is 2.26. The summed E-state index contributed by atoms with van der Waals surface area (Å²) in [5, 5.41) is 3.58. The van der Waals surface area contributed by atoms with Crippen molar-refractivity contribution in [1.82, 2.24) is 9.88 Å². The van der Waals surface area contributed by atoms with E-state index in [1.54, 1.807) is 0 Å². The molecule has 156 valence electrons. The quantitative estimate of drug-likeness (QED) is 0.562. The maximum Gasteiger partial charge on any atom is 0.228 e. The van der Waals surface area contributed by atoms with Crippen molar-refractivity contribution < 1.29 is 9.53 Å². The van der Waals surface area contributed by atoms with Crippen LogP contribution < -0.4 is 9.64 Å². The molecule has 0 atom stereocenters. The van der Waals surface area contributed by atoms with E-state index in [1.807, 2.05) is 65.7 Å². The van der Waals surface area contributed by atoms with Gasteiger partial charge in [-0.3, -0.25) is 4.79 Å². The summed E-state index contributed by atoms with van der Waals surface area (Å²) in [6.45, 7) is 5.41. The third kappa shape index (κ3) is 5.12. The topological polar surface area (TPSA) is 45.7 Å². The average molecular weight is 442 g/mol. The number of benzene rings is 2. The van der Waals surface area contributed by atoms with E-state index >= 15 is 0 Å². The third-order valence-corrected chi connectivity index (χ3v) is 6.33. The molecule has 0 unspecified atom stereocenters. The number of halogens is 1. The molecule has 1 aliphatic heterocycles. The van der Waals surface area contributed by atoms with Gasteiger partial charge in [0.15, 0.2) is 0 Å². The summed E-state index contributed by atoms with van der Waals surface area (Å²) in [4.78, 5) is 21.4. The number of piperazine rings is 1. The summed E-state index contributed by atoms with van der Waals surface area (Å²) < 4.78 is 5.78. The normalized spacial score (nSPS) is 14.1. The van der Waals surface area contributed by atoms with Crippen LogP contribution in [-0.4, -0.2) is 42.0 Å². The van der Waals surface area contributed by atoms with Gasteiger partial charge in [-0.2, -0.15) is 0 Å². The van der Waals surface area contributed by atoms with Crippen LogP contribution in [0.15, 0.2) is 53.9 Å². The molecule has 1 saturated heterocycles. The molecule has 0 spiro atoms. The second-order valence-electron chi connectivity index (χ2n) is 7.33. The van der Waals surface area contributed by atoms with E-state index in [1.165, 1.54) is 16.9 Å². The molecule has 0 bridgehead atoms. The molecule has 1 fully saturated rings. The van der Waals surface area contributed by atoms with Gasteiger partial charge in [-0.1, -0.05) is 41.4 Å². The van der Waals surface area contributed by atoms with E-state index in [0.717, 1.165) is 40.3 Å². The zero-order valence-electron chi connectivity index (χ0n) is 16.9. The summed E-state index contributed by atoms with van der Waals surface area (Å²) >= 11 is 7.83. The minimum absolute atomic E-state index is 0.116. The highest BCUT2D eigenvalue weighted by atomic mass is 35.5. The van der Waals surface area contributed by atoms with Crippen LogP contribution in [0, 0.1) is 6.92 Å². The van der Waals surface area contributed by atoms with Crippen LogP contribution in [0.1, 0.15) is 16.3 Å². The van der Waals surface area contributed by atoms with Gasteiger partial charge in [-0.15, -0.1) is 11.3 Å². The maximum atomic E-state index is 12.7. The second kappa shape index (κ2) is 9.49. The van der Waals surface area contributed by atoms with Crippen LogP contribution in [-0.2, 0) is 17.8 Å². The monoisotopic (exact) mass is 441 g/mol. The maximum absolute atomic E-state index is 12.7. The molecule has 3 aromatic rings. The highest BCUT2D eigenvalue weighted by molar-refractivity contribution is 7.09. The second-order valence-corrected chi connectivity index (χ2v) is 8.68. The molecular formula is C23H24ClN3O2S. The average Bonchev–Trinajstić information content (AvgIpc) is 3.21. The summed E-state index contributed by atoms with van der Waals surface area (Å²) in [5.74, 6) is 0.940. The number of rotatable bonds is 6. The standard InChI is InChI=1S/C23H24ClN3O2S/c1-17-6-8-19(9-7-17)29-15-22-25-18(16-30-22)14-23(28)27-12-10-26(11-13-27)21-5-3-2-4-20(21)24/h2-9,16H,10-15H2,1H3. The van der Waals surface area contributed by atoms with Crippen molar-refractivity contribution in [3.05, 3.63) is 75.2 Å². The predicted molar refractivity (Wildman–Crippen MR) is 122 cm³/mol. The largest absolute Gasteiger partial charge is 0.486 e. The van der Waals surface area contributed by atoms with Crippen LogP contribution in [0.25, 0.3) is 0 Å². The number of para-hydroxylation sites is 1. The molecule has 4 rings (SSSR count). The molecule has 1 amide bonds. The van der Waals surface area contributed by atoms with Crippen molar-refractivity contribution >= 4 is 34.5 Å². The Labute approximate surface area is 185 Å². The fourth-order valence-corrected chi connectivity index (χ4v) is 4.41.